The van der Waals surface area contributed by atoms with Gasteiger partial charge in [0.15, 0.2) is 0 Å². The van der Waals surface area contributed by atoms with Crippen LogP contribution >= 0.6 is 0 Å². The third-order valence-electron chi connectivity index (χ3n) is 5.52. The maximum absolute atomic E-state index is 13.3. The van der Waals surface area contributed by atoms with E-state index in [0.717, 1.165) is 41.0 Å². The molecular weight excluding hydrogens is 414 g/mol. The summed E-state index contributed by atoms with van der Waals surface area (Å²) in [6.45, 7) is 7.41. The average Bonchev–Trinajstić information content (AvgIpc) is 3.32. The molecule has 3 aromatic rings. The molecule has 0 bridgehead atoms. The van der Waals surface area contributed by atoms with Gasteiger partial charge in [-0.3, -0.25) is 4.79 Å². The fraction of sp³-hybridized carbons (Fsp3) is 0.333. The van der Waals surface area contributed by atoms with E-state index in [1.54, 1.807) is 16.1 Å². The zero-order chi connectivity index (χ0) is 23.6. The van der Waals surface area contributed by atoms with E-state index in [-0.39, 0.29) is 18.5 Å². The van der Waals surface area contributed by atoms with Crippen molar-refractivity contribution in [1.82, 2.24) is 9.80 Å². The fourth-order valence-electron chi connectivity index (χ4n) is 3.73. The highest BCUT2D eigenvalue weighted by Gasteiger charge is 2.22. The molecule has 0 aliphatic heterocycles. The molecule has 3 rings (SSSR count). The van der Waals surface area contributed by atoms with Gasteiger partial charge in [-0.25, -0.2) is 4.79 Å². The number of urea groups is 1. The van der Waals surface area contributed by atoms with Gasteiger partial charge in [-0.05, 0) is 56.0 Å². The standard InChI is InChI=1S/C27H33N3O3/c1-4-15-30(27(32)28-25-13-12-21(2)18-22(25)3)20-26(31)29(19-24-11-8-17-33-24)16-14-23-9-6-5-7-10-23/h5-13,17-18H,4,14-16,19-20H2,1-3H3,(H,28,32). The lowest BCUT2D eigenvalue weighted by atomic mass is 10.1. The highest BCUT2D eigenvalue weighted by molar-refractivity contribution is 5.93. The SMILES string of the molecule is CCCN(CC(=O)N(CCc1ccccc1)Cc1ccco1)C(=O)Nc1ccc(C)cc1C. The van der Waals surface area contributed by atoms with Gasteiger partial charge in [0.05, 0.1) is 12.8 Å². The predicted molar refractivity (Wildman–Crippen MR) is 131 cm³/mol. The normalized spacial score (nSPS) is 10.6. The summed E-state index contributed by atoms with van der Waals surface area (Å²) in [5.74, 6) is 0.616. The summed E-state index contributed by atoms with van der Waals surface area (Å²) in [6, 6.07) is 19.4. The number of hydrogen-bond acceptors (Lipinski definition) is 3. The lowest BCUT2D eigenvalue weighted by Crippen LogP contribution is -2.45. The van der Waals surface area contributed by atoms with E-state index in [2.05, 4.69) is 17.4 Å². The number of furan rings is 1. The average molecular weight is 448 g/mol. The van der Waals surface area contributed by atoms with Gasteiger partial charge in [-0.1, -0.05) is 55.0 Å². The summed E-state index contributed by atoms with van der Waals surface area (Å²) in [4.78, 5) is 29.7. The van der Waals surface area contributed by atoms with Crippen molar-refractivity contribution in [2.75, 3.05) is 25.0 Å². The van der Waals surface area contributed by atoms with Crippen molar-refractivity contribution in [3.63, 3.8) is 0 Å². The molecular formula is C27H33N3O3. The molecule has 6 nitrogen and oxygen atoms in total. The van der Waals surface area contributed by atoms with E-state index in [9.17, 15) is 9.59 Å². The summed E-state index contributed by atoms with van der Waals surface area (Å²) in [6.07, 6.45) is 3.10. The molecule has 1 heterocycles. The zero-order valence-corrected chi connectivity index (χ0v) is 19.7. The number of aryl methyl sites for hydroxylation is 2. The number of rotatable bonds is 10. The Labute approximate surface area is 196 Å². The van der Waals surface area contributed by atoms with Crippen LogP contribution in [0.5, 0.6) is 0 Å². The molecule has 174 valence electrons. The number of amides is 3. The van der Waals surface area contributed by atoms with Gasteiger partial charge in [-0.2, -0.15) is 0 Å². The molecule has 0 fully saturated rings. The smallest absolute Gasteiger partial charge is 0.322 e. The molecule has 6 heteroatoms. The molecule has 33 heavy (non-hydrogen) atoms. The number of benzene rings is 2. The highest BCUT2D eigenvalue weighted by atomic mass is 16.3. The van der Waals surface area contributed by atoms with Crippen LogP contribution in [0.2, 0.25) is 0 Å². The van der Waals surface area contributed by atoms with Crippen LogP contribution < -0.4 is 5.32 Å². The number of nitrogens with zero attached hydrogens (tertiary/aromatic N) is 2. The molecule has 2 aromatic carbocycles. The predicted octanol–water partition coefficient (Wildman–Crippen LogP) is 5.41. The molecule has 0 aliphatic carbocycles. The lowest BCUT2D eigenvalue weighted by Gasteiger charge is -2.27. The summed E-state index contributed by atoms with van der Waals surface area (Å²) in [5, 5.41) is 2.97. The molecule has 0 saturated heterocycles. The van der Waals surface area contributed by atoms with Gasteiger partial charge >= 0.3 is 6.03 Å². The van der Waals surface area contributed by atoms with Gasteiger partial charge in [0.1, 0.15) is 12.3 Å². The number of hydrogen-bond donors (Lipinski definition) is 1. The Balaban J connectivity index is 1.69. The van der Waals surface area contributed by atoms with Crippen LogP contribution in [0.25, 0.3) is 0 Å². The second-order valence-corrected chi connectivity index (χ2v) is 8.30. The summed E-state index contributed by atoms with van der Waals surface area (Å²) < 4.78 is 5.48. The third kappa shape index (κ3) is 7.24. The van der Waals surface area contributed by atoms with Crippen molar-refractivity contribution < 1.29 is 14.0 Å². The molecule has 0 saturated carbocycles. The molecule has 0 radical (unpaired) electrons. The van der Waals surface area contributed by atoms with Crippen LogP contribution in [0, 0.1) is 13.8 Å². The molecule has 0 spiro atoms. The van der Waals surface area contributed by atoms with E-state index >= 15 is 0 Å². The van der Waals surface area contributed by atoms with Crippen molar-refractivity contribution in [1.29, 1.82) is 0 Å². The summed E-state index contributed by atoms with van der Waals surface area (Å²) in [5.41, 5.74) is 4.05. The molecule has 3 amide bonds. The van der Waals surface area contributed by atoms with E-state index in [1.165, 1.54) is 0 Å². The Morgan fingerprint density at radius 2 is 1.73 bits per heavy atom. The number of carbonyl (C=O) groups is 2. The highest BCUT2D eigenvalue weighted by Crippen LogP contribution is 2.17. The quantitative estimate of drug-likeness (QED) is 0.452. The van der Waals surface area contributed by atoms with E-state index in [1.807, 2.05) is 69.3 Å². The van der Waals surface area contributed by atoms with Crippen LogP contribution in [-0.2, 0) is 17.8 Å². The van der Waals surface area contributed by atoms with Gasteiger partial charge in [0.25, 0.3) is 0 Å². The first kappa shape index (κ1) is 24.1. The minimum absolute atomic E-state index is 0.0140. The minimum Gasteiger partial charge on any atom is -0.467 e. The topological polar surface area (TPSA) is 65.8 Å². The largest absolute Gasteiger partial charge is 0.467 e. The number of anilines is 1. The summed E-state index contributed by atoms with van der Waals surface area (Å²) in [7, 11) is 0. The second kappa shape index (κ2) is 11.9. The van der Waals surface area contributed by atoms with Crippen molar-refractivity contribution in [3.05, 3.63) is 89.4 Å². The molecule has 0 atom stereocenters. The molecule has 1 aromatic heterocycles. The first-order chi connectivity index (χ1) is 16.0. The first-order valence-electron chi connectivity index (χ1n) is 11.4. The molecule has 0 unspecified atom stereocenters. The van der Waals surface area contributed by atoms with Crippen molar-refractivity contribution in [3.8, 4) is 0 Å². The molecule has 1 N–H and O–H groups in total. The van der Waals surface area contributed by atoms with Gasteiger partial charge < -0.3 is 19.5 Å². The second-order valence-electron chi connectivity index (χ2n) is 8.30. The Bertz CT molecular complexity index is 1030. The maximum atomic E-state index is 13.3. The Morgan fingerprint density at radius 3 is 2.39 bits per heavy atom. The Hall–Kier alpha value is -3.54. The molecule has 0 aliphatic rings. The number of carbonyl (C=O) groups excluding carboxylic acids is 2. The van der Waals surface area contributed by atoms with E-state index in [4.69, 9.17) is 4.42 Å². The van der Waals surface area contributed by atoms with Crippen molar-refractivity contribution in [2.45, 2.75) is 40.2 Å². The van der Waals surface area contributed by atoms with Gasteiger partial charge in [0.2, 0.25) is 5.91 Å². The lowest BCUT2D eigenvalue weighted by molar-refractivity contribution is -0.132. The van der Waals surface area contributed by atoms with Gasteiger partial charge in [0, 0.05) is 18.8 Å². The van der Waals surface area contributed by atoms with Crippen LogP contribution in [0.15, 0.2) is 71.3 Å². The van der Waals surface area contributed by atoms with Gasteiger partial charge in [-0.15, -0.1) is 0 Å². The van der Waals surface area contributed by atoms with Crippen LogP contribution in [0.4, 0.5) is 10.5 Å². The monoisotopic (exact) mass is 447 g/mol. The van der Waals surface area contributed by atoms with Crippen LogP contribution in [-0.4, -0.2) is 41.4 Å². The zero-order valence-electron chi connectivity index (χ0n) is 19.7. The van der Waals surface area contributed by atoms with Crippen LogP contribution in [0.3, 0.4) is 0 Å². The van der Waals surface area contributed by atoms with Crippen LogP contribution in [0.1, 0.15) is 35.8 Å². The third-order valence-corrected chi connectivity index (χ3v) is 5.52. The fourth-order valence-corrected chi connectivity index (χ4v) is 3.73. The summed E-state index contributed by atoms with van der Waals surface area (Å²) >= 11 is 0. The van der Waals surface area contributed by atoms with Crippen molar-refractivity contribution in [2.24, 2.45) is 0 Å². The first-order valence-corrected chi connectivity index (χ1v) is 11.4. The van der Waals surface area contributed by atoms with E-state index < -0.39 is 0 Å². The maximum Gasteiger partial charge on any atom is 0.322 e. The van der Waals surface area contributed by atoms with E-state index in [0.29, 0.717) is 19.6 Å². The Morgan fingerprint density at radius 1 is 0.939 bits per heavy atom. The number of nitrogens with one attached hydrogen (secondary N) is 1. The minimum atomic E-state index is -0.266. The van der Waals surface area contributed by atoms with Crippen molar-refractivity contribution >= 4 is 17.6 Å². The Kier molecular flexibility index (Phi) is 8.70.